The summed E-state index contributed by atoms with van der Waals surface area (Å²) in [6.07, 6.45) is 3.87. The van der Waals surface area contributed by atoms with Crippen LogP contribution in [0.1, 0.15) is 19.3 Å². The van der Waals surface area contributed by atoms with Crippen molar-refractivity contribution in [2.45, 2.75) is 19.3 Å². The Labute approximate surface area is 62.2 Å². The molecule has 9 heavy (non-hydrogen) atoms. The fourth-order valence-electron chi connectivity index (χ4n) is 0.701. The summed E-state index contributed by atoms with van der Waals surface area (Å²) in [4.78, 5) is 0. The lowest BCUT2D eigenvalue weighted by Crippen LogP contribution is -1.98. The van der Waals surface area contributed by atoms with E-state index >= 15 is 0 Å². The predicted molar refractivity (Wildman–Crippen MR) is 42.0 cm³/mol. The average molecular weight is 146 g/mol. The second-order valence-corrected chi connectivity index (χ2v) is 3.04. The van der Waals surface area contributed by atoms with Crippen LogP contribution < -0.4 is 0 Å². The maximum absolute atomic E-state index is 5.35. The first-order valence-corrected chi connectivity index (χ1v) is 4.25. The van der Waals surface area contributed by atoms with Gasteiger partial charge in [-0.25, -0.2) is 0 Å². The van der Waals surface area contributed by atoms with Gasteiger partial charge in [0.05, 0.1) is 0 Å². The maximum Gasteiger partial charge on any atom is 0.0494 e. The van der Waals surface area contributed by atoms with Crippen LogP contribution in [-0.4, -0.2) is 19.0 Å². The summed E-state index contributed by atoms with van der Waals surface area (Å²) in [6.45, 7) is 1.90. The smallest absolute Gasteiger partial charge is 0.0494 e. The molecule has 1 aliphatic carbocycles. The monoisotopic (exact) mass is 146 g/mol. The topological polar surface area (TPSA) is 9.23 Å². The van der Waals surface area contributed by atoms with Crippen molar-refractivity contribution in [1.29, 1.82) is 0 Å². The summed E-state index contributed by atoms with van der Waals surface area (Å²) in [6, 6.07) is 0. The molecule has 0 radical (unpaired) electrons. The van der Waals surface area contributed by atoms with Crippen LogP contribution in [0.15, 0.2) is 0 Å². The highest BCUT2D eigenvalue weighted by Gasteiger charge is 2.20. The van der Waals surface area contributed by atoms with Crippen LogP contribution in [0.25, 0.3) is 0 Å². The lowest BCUT2D eigenvalue weighted by atomic mass is 10.4. The van der Waals surface area contributed by atoms with Gasteiger partial charge in [0.2, 0.25) is 0 Å². The summed E-state index contributed by atoms with van der Waals surface area (Å²) in [5.74, 6) is 1.86. The second-order valence-electron chi connectivity index (χ2n) is 2.60. The Morgan fingerprint density at radius 3 is 2.78 bits per heavy atom. The van der Waals surface area contributed by atoms with Crippen molar-refractivity contribution in [3.8, 4) is 0 Å². The van der Waals surface area contributed by atoms with E-state index in [0.717, 1.165) is 31.3 Å². The lowest BCUT2D eigenvalue weighted by Gasteiger charge is -1.98. The first kappa shape index (κ1) is 7.42. The quantitative estimate of drug-likeness (QED) is 0.459. The Balaban J connectivity index is 1.71. The van der Waals surface area contributed by atoms with Crippen molar-refractivity contribution < 1.29 is 4.74 Å². The van der Waals surface area contributed by atoms with Crippen molar-refractivity contribution in [2.75, 3.05) is 19.0 Å². The van der Waals surface area contributed by atoms with Gasteiger partial charge in [0.15, 0.2) is 0 Å². The highest BCUT2D eigenvalue weighted by Crippen LogP contribution is 2.28. The van der Waals surface area contributed by atoms with E-state index in [1.807, 2.05) is 0 Å². The zero-order valence-corrected chi connectivity index (χ0v) is 6.57. The van der Waals surface area contributed by atoms with Crippen LogP contribution in [-0.2, 0) is 4.74 Å². The molecule has 54 valence electrons. The molecule has 0 aromatic carbocycles. The maximum atomic E-state index is 5.35. The summed E-state index contributed by atoms with van der Waals surface area (Å²) >= 11 is 4.08. The average Bonchev–Trinajstić information content (AvgIpc) is 2.63. The molecule has 1 rings (SSSR count). The molecule has 0 saturated heterocycles. The summed E-state index contributed by atoms with van der Waals surface area (Å²) in [7, 11) is 0. The first-order valence-electron chi connectivity index (χ1n) is 3.62. The molecule has 0 aromatic heterocycles. The Hall–Kier alpha value is 0.310. The van der Waals surface area contributed by atoms with E-state index in [2.05, 4.69) is 12.6 Å². The van der Waals surface area contributed by atoms with Crippen LogP contribution in [0.2, 0.25) is 0 Å². The minimum atomic E-state index is 0.903. The molecule has 1 fully saturated rings. The molecule has 0 N–H and O–H groups in total. The van der Waals surface area contributed by atoms with Crippen LogP contribution >= 0.6 is 12.6 Å². The zero-order valence-electron chi connectivity index (χ0n) is 5.68. The Morgan fingerprint density at radius 2 is 2.22 bits per heavy atom. The van der Waals surface area contributed by atoms with Crippen LogP contribution in [0, 0.1) is 5.92 Å². The van der Waals surface area contributed by atoms with E-state index in [4.69, 9.17) is 4.74 Å². The standard InChI is InChI=1S/C7H14OS/c9-5-1-4-8-6-7-2-3-7/h7,9H,1-6H2. The number of rotatable bonds is 5. The normalized spacial score (nSPS) is 18.3. The van der Waals surface area contributed by atoms with Crippen LogP contribution in [0.5, 0.6) is 0 Å². The molecule has 1 aliphatic rings. The van der Waals surface area contributed by atoms with Crippen molar-refractivity contribution >= 4 is 12.6 Å². The Bertz CT molecular complexity index is 71.3. The van der Waals surface area contributed by atoms with E-state index < -0.39 is 0 Å². The van der Waals surface area contributed by atoms with E-state index in [1.165, 1.54) is 12.8 Å². The number of ether oxygens (including phenoxy) is 1. The Morgan fingerprint density at radius 1 is 1.44 bits per heavy atom. The SMILES string of the molecule is SCCCOCC1CC1. The minimum absolute atomic E-state index is 0.903. The molecule has 0 spiro atoms. The third-order valence-electron chi connectivity index (χ3n) is 1.50. The highest BCUT2D eigenvalue weighted by molar-refractivity contribution is 7.80. The molecule has 0 amide bonds. The van der Waals surface area contributed by atoms with E-state index in [9.17, 15) is 0 Å². The molecule has 0 aromatic rings. The molecule has 0 heterocycles. The van der Waals surface area contributed by atoms with Gasteiger partial charge in [-0.05, 0) is 30.9 Å². The van der Waals surface area contributed by atoms with Gasteiger partial charge in [-0.2, -0.15) is 12.6 Å². The lowest BCUT2D eigenvalue weighted by molar-refractivity contribution is 0.126. The Kier molecular flexibility index (Phi) is 3.44. The van der Waals surface area contributed by atoms with Gasteiger partial charge >= 0.3 is 0 Å². The fourth-order valence-corrected chi connectivity index (χ4v) is 0.830. The third kappa shape index (κ3) is 3.82. The molecule has 0 atom stereocenters. The fraction of sp³-hybridized carbons (Fsp3) is 1.00. The molecule has 0 bridgehead atoms. The van der Waals surface area contributed by atoms with Gasteiger partial charge in [0.25, 0.3) is 0 Å². The van der Waals surface area contributed by atoms with Gasteiger partial charge in [0.1, 0.15) is 0 Å². The summed E-state index contributed by atoms with van der Waals surface area (Å²) in [5, 5.41) is 0. The first-order chi connectivity index (χ1) is 4.43. The van der Waals surface area contributed by atoms with E-state index in [1.54, 1.807) is 0 Å². The van der Waals surface area contributed by atoms with E-state index in [0.29, 0.717) is 0 Å². The minimum Gasteiger partial charge on any atom is -0.381 e. The van der Waals surface area contributed by atoms with Crippen LogP contribution in [0.4, 0.5) is 0 Å². The molecule has 1 nitrogen and oxygen atoms in total. The summed E-state index contributed by atoms with van der Waals surface area (Å²) in [5.41, 5.74) is 0. The second kappa shape index (κ2) is 4.18. The number of hydrogen-bond acceptors (Lipinski definition) is 2. The van der Waals surface area contributed by atoms with Gasteiger partial charge in [-0.15, -0.1) is 0 Å². The molecular formula is C7H14OS. The highest BCUT2D eigenvalue weighted by atomic mass is 32.1. The molecule has 1 saturated carbocycles. The van der Waals surface area contributed by atoms with Gasteiger partial charge in [-0.3, -0.25) is 0 Å². The third-order valence-corrected chi connectivity index (χ3v) is 1.81. The van der Waals surface area contributed by atoms with Crippen molar-refractivity contribution in [3.05, 3.63) is 0 Å². The van der Waals surface area contributed by atoms with Gasteiger partial charge < -0.3 is 4.74 Å². The molecular weight excluding hydrogens is 132 g/mol. The number of thiol groups is 1. The van der Waals surface area contributed by atoms with Crippen molar-refractivity contribution in [3.63, 3.8) is 0 Å². The van der Waals surface area contributed by atoms with E-state index in [-0.39, 0.29) is 0 Å². The van der Waals surface area contributed by atoms with Gasteiger partial charge in [0, 0.05) is 13.2 Å². The van der Waals surface area contributed by atoms with Crippen molar-refractivity contribution in [2.24, 2.45) is 5.92 Å². The molecule has 2 heteroatoms. The van der Waals surface area contributed by atoms with Crippen LogP contribution in [0.3, 0.4) is 0 Å². The predicted octanol–water partition coefficient (Wildman–Crippen LogP) is 1.73. The zero-order chi connectivity index (χ0) is 6.53. The largest absolute Gasteiger partial charge is 0.381 e. The van der Waals surface area contributed by atoms with Crippen molar-refractivity contribution in [1.82, 2.24) is 0 Å². The number of hydrogen-bond donors (Lipinski definition) is 1. The van der Waals surface area contributed by atoms with Gasteiger partial charge in [-0.1, -0.05) is 0 Å². The summed E-state index contributed by atoms with van der Waals surface area (Å²) < 4.78 is 5.35. The molecule has 0 unspecified atom stereocenters. The molecule has 0 aliphatic heterocycles.